The van der Waals surface area contributed by atoms with Crippen LogP contribution in [0.3, 0.4) is 0 Å². The van der Waals surface area contributed by atoms with Gasteiger partial charge in [0.25, 0.3) is 0 Å². The molecule has 2 heterocycles. The summed E-state index contributed by atoms with van der Waals surface area (Å²) in [5.41, 5.74) is 2.14. The zero-order chi connectivity index (χ0) is 24.3. The third-order valence-corrected chi connectivity index (χ3v) is 7.61. The smallest absolute Gasteiger partial charge is 0.338 e. The number of rotatable bonds is 9. The topological polar surface area (TPSA) is 98.8 Å². The lowest BCUT2D eigenvalue weighted by Crippen LogP contribution is -2.33. The largest absolute Gasteiger partial charge is 0.467 e. The van der Waals surface area contributed by atoms with Gasteiger partial charge in [-0.25, -0.2) is 13.2 Å². The Balaban J connectivity index is 1.71. The summed E-state index contributed by atoms with van der Waals surface area (Å²) in [5, 5.41) is 0. The number of carbonyl (C=O) groups excluding carboxylic acids is 2. The number of ether oxygens (including phenoxy) is 1. The predicted octanol–water partition coefficient (Wildman–Crippen LogP) is 3.81. The monoisotopic (exact) mass is 472 g/mol. The second-order valence-electron chi connectivity index (χ2n) is 8.09. The quantitative estimate of drug-likeness (QED) is 0.347. The third-order valence-electron chi connectivity index (χ3n) is 5.58. The zero-order valence-electron chi connectivity index (χ0n) is 19.4. The molecule has 0 aliphatic rings. The highest BCUT2D eigenvalue weighted by Crippen LogP contribution is 2.20. The molecule has 0 aliphatic carbocycles. The molecule has 1 aromatic carbocycles. The summed E-state index contributed by atoms with van der Waals surface area (Å²) in [5.74, 6) is -0.345. The highest BCUT2D eigenvalue weighted by molar-refractivity contribution is 7.89. The highest BCUT2D eigenvalue weighted by atomic mass is 32.2. The molecule has 176 valence electrons. The molecule has 0 amide bonds. The number of furan rings is 1. The Labute approximate surface area is 193 Å². The van der Waals surface area contributed by atoms with E-state index in [0.717, 1.165) is 17.1 Å². The summed E-state index contributed by atoms with van der Waals surface area (Å²) in [4.78, 5) is 25.3. The molecule has 3 aromatic rings. The molecule has 0 radical (unpaired) electrons. The molecule has 0 N–H and O–H groups in total. The van der Waals surface area contributed by atoms with E-state index in [1.54, 1.807) is 32.2 Å². The van der Waals surface area contributed by atoms with Crippen LogP contribution in [-0.4, -0.2) is 48.7 Å². The maximum atomic E-state index is 12.7. The minimum atomic E-state index is -3.75. The van der Waals surface area contributed by atoms with Gasteiger partial charge in [-0.2, -0.15) is 4.31 Å². The van der Waals surface area contributed by atoms with Gasteiger partial charge in [0.2, 0.25) is 15.8 Å². The molecular formula is C24H28N2O6S. The van der Waals surface area contributed by atoms with E-state index in [4.69, 9.17) is 9.15 Å². The Morgan fingerprint density at radius 2 is 1.85 bits per heavy atom. The van der Waals surface area contributed by atoms with Crippen LogP contribution in [0, 0.1) is 13.8 Å². The van der Waals surface area contributed by atoms with Crippen molar-refractivity contribution in [3.63, 3.8) is 0 Å². The number of hydrogen-bond acceptors (Lipinski definition) is 6. The van der Waals surface area contributed by atoms with Crippen LogP contribution in [0.4, 0.5) is 0 Å². The Hall–Kier alpha value is -3.17. The van der Waals surface area contributed by atoms with Crippen LogP contribution in [0.5, 0.6) is 0 Å². The standard InChI is InChI=1S/C24H28N2O6S/c1-16(2)25(5)33(29,30)21-10-6-8-19(13-21)24(28)32-15-23(27)22-12-17(3)26(18(22)4)14-20-9-7-11-31-20/h6-13,16H,14-15H2,1-5H3. The minimum Gasteiger partial charge on any atom is -0.467 e. The normalized spacial score (nSPS) is 11.8. The van der Waals surface area contributed by atoms with E-state index in [1.807, 2.05) is 24.5 Å². The van der Waals surface area contributed by atoms with Gasteiger partial charge < -0.3 is 13.7 Å². The van der Waals surface area contributed by atoms with Gasteiger partial charge in [-0.1, -0.05) is 6.07 Å². The van der Waals surface area contributed by atoms with E-state index < -0.39 is 22.6 Å². The summed E-state index contributed by atoms with van der Waals surface area (Å²) < 4.78 is 39.2. The zero-order valence-corrected chi connectivity index (χ0v) is 20.2. The van der Waals surface area contributed by atoms with Crippen LogP contribution in [-0.2, 0) is 21.3 Å². The number of Topliss-reactive ketones (excluding diaryl/α,β-unsaturated/α-hetero) is 1. The van der Waals surface area contributed by atoms with Crippen molar-refractivity contribution in [1.82, 2.24) is 8.87 Å². The van der Waals surface area contributed by atoms with Gasteiger partial charge in [0.1, 0.15) is 5.76 Å². The van der Waals surface area contributed by atoms with Gasteiger partial charge in [0, 0.05) is 30.0 Å². The molecule has 0 fully saturated rings. The molecule has 0 atom stereocenters. The van der Waals surface area contributed by atoms with E-state index in [2.05, 4.69) is 0 Å². The lowest BCUT2D eigenvalue weighted by molar-refractivity contribution is 0.0474. The van der Waals surface area contributed by atoms with Crippen molar-refractivity contribution in [2.24, 2.45) is 0 Å². The Bertz CT molecular complexity index is 1260. The maximum Gasteiger partial charge on any atom is 0.338 e. The van der Waals surface area contributed by atoms with Crippen molar-refractivity contribution >= 4 is 21.8 Å². The molecule has 33 heavy (non-hydrogen) atoms. The predicted molar refractivity (Wildman–Crippen MR) is 123 cm³/mol. The molecule has 0 saturated heterocycles. The van der Waals surface area contributed by atoms with Gasteiger partial charge in [0.15, 0.2) is 6.61 Å². The first kappa shape index (κ1) is 24.5. The molecule has 0 saturated carbocycles. The van der Waals surface area contributed by atoms with Crippen molar-refractivity contribution < 1.29 is 27.2 Å². The molecule has 3 rings (SSSR count). The Kier molecular flexibility index (Phi) is 7.24. The number of aryl methyl sites for hydroxylation is 1. The molecule has 0 aliphatic heterocycles. The molecule has 8 nitrogen and oxygen atoms in total. The van der Waals surface area contributed by atoms with Gasteiger partial charge in [0.05, 0.1) is 23.3 Å². The van der Waals surface area contributed by atoms with Crippen LogP contribution < -0.4 is 0 Å². The number of carbonyl (C=O) groups is 2. The first-order valence-corrected chi connectivity index (χ1v) is 11.9. The number of sulfonamides is 1. The van der Waals surface area contributed by atoms with Gasteiger partial charge >= 0.3 is 5.97 Å². The first-order chi connectivity index (χ1) is 15.5. The summed E-state index contributed by atoms with van der Waals surface area (Å²) in [6.45, 7) is 7.26. The average Bonchev–Trinajstić information content (AvgIpc) is 3.40. The fourth-order valence-corrected chi connectivity index (χ4v) is 4.82. The average molecular weight is 473 g/mol. The molecule has 0 bridgehead atoms. The van der Waals surface area contributed by atoms with Gasteiger partial charge in [-0.05, 0) is 64.1 Å². The Morgan fingerprint density at radius 1 is 1.12 bits per heavy atom. The Morgan fingerprint density at radius 3 is 2.48 bits per heavy atom. The van der Waals surface area contributed by atoms with Crippen LogP contribution >= 0.6 is 0 Å². The SMILES string of the molecule is Cc1cc(C(=O)COC(=O)c2cccc(S(=O)(=O)N(C)C(C)C)c2)c(C)n1Cc1ccco1. The number of hydrogen-bond donors (Lipinski definition) is 0. The highest BCUT2D eigenvalue weighted by Gasteiger charge is 2.24. The third kappa shape index (κ3) is 5.26. The summed E-state index contributed by atoms with van der Waals surface area (Å²) in [7, 11) is -2.27. The van der Waals surface area contributed by atoms with Crippen LogP contribution in [0.15, 0.2) is 58.0 Å². The lowest BCUT2D eigenvalue weighted by Gasteiger charge is -2.21. The molecule has 2 aromatic heterocycles. The molecule has 0 spiro atoms. The van der Waals surface area contributed by atoms with Crippen molar-refractivity contribution in [3.05, 3.63) is 77.0 Å². The summed E-state index contributed by atoms with van der Waals surface area (Å²) >= 11 is 0. The van der Waals surface area contributed by atoms with Crippen molar-refractivity contribution in [2.75, 3.05) is 13.7 Å². The van der Waals surface area contributed by atoms with Gasteiger partial charge in [-0.3, -0.25) is 4.79 Å². The van der Waals surface area contributed by atoms with Crippen molar-refractivity contribution in [2.45, 2.75) is 45.2 Å². The number of esters is 1. The van der Waals surface area contributed by atoms with Crippen molar-refractivity contribution in [3.8, 4) is 0 Å². The summed E-state index contributed by atoms with van der Waals surface area (Å²) in [6.07, 6.45) is 1.59. The number of aromatic nitrogens is 1. The molecular weight excluding hydrogens is 444 g/mol. The summed E-state index contributed by atoms with van der Waals surface area (Å²) in [6, 6.07) is 10.8. The second-order valence-corrected chi connectivity index (χ2v) is 10.1. The van der Waals surface area contributed by atoms with Gasteiger partial charge in [-0.15, -0.1) is 0 Å². The number of benzene rings is 1. The van der Waals surface area contributed by atoms with E-state index in [0.29, 0.717) is 12.1 Å². The fourth-order valence-electron chi connectivity index (χ4n) is 3.40. The maximum absolute atomic E-state index is 12.7. The van der Waals surface area contributed by atoms with E-state index in [1.165, 1.54) is 35.6 Å². The minimum absolute atomic E-state index is 0.0130. The lowest BCUT2D eigenvalue weighted by atomic mass is 10.1. The molecule has 0 unspecified atom stereocenters. The van der Waals surface area contributed by atoms with E-state index >= 15 is 0 Å². The molecule has 9 heteroatoms. The number of ketones is 1. The van der Waals surface area contributed by atoms with Crippen molar-refractivity contribution in [1.29, 1.82) is 0 Å². The van der Waals surface area contributed by atoms with Crippen LogP contribution in [0.1, 0.15) is 51.7 Å². The van der Waals surface area contributed by atoms with E-state index in [9.17, 15) is 18.0 Å². The van der Waals surface area contributed by atoms with E-state index in [-0.39, 0.29) is 22.3 Å². The number of nitrogens with zero attached hydrogens (tertiary/aromatic N) is 2. The fraction of sp³-hybridized carbons (Fsp3) is 0.333. The first-order valence-electron chi connectivity index (χ1n) is 10.5. The van der Waals surface area contributed by atoms with Crippen LogP contribution in [0.25, 0.3) is 0 Å². The second kappa shape index (κ2) is 9.76. The van der Waals surface area contributed by atoms with Crippen LogP contribution in [0.2, 0.25) is 0 Å².